The lowest BCUT2D eigenvalue weighted by molar-refractivity contribution is 0.181. The van der Waals surface area contributed by atoms with Crippen LogP contribution in [0.5, 0.6) is 11.5 Å². The van der Waals surface area contributed by atoms with Gasteiger partial charge >= 0.3 is 6.03 Å². The largest absolute Gasteiger partial charge is 0.493 e. The Bertz CT molecular complexity index is 968. The third-order valence-corrected chi connectivity index (χ3v) is 5.05. The van der Waals surface area contributed by atoms with E-state index in [4.69, 9.17) is 9.47 Å². The number of ether oxygens (including phenoxy) is 2. The van der Waals surface area contributed by atoms with Gasteiger partial charge in [0.1, 0.15) is 0 Å². The lowest BCUT2D eigenvalue weighted by atomic mass is 9.99. The number of benzene rings is 2. The Morgan fingerprint density at radius 2 is 1.75 bits per heavy atom. The molecule has 144 valence electrons. The second-order valence-corrected chi connectivity index (χ2v) is 6.63. The van der Waals surface area contributed by atoms with Crippen LogP contribution in [0.1, 0.15) is 17.3 Å². The topological polar surface area (TPSA) is 55.7 Å². The van der Waals surface area contributed by atoms with Crippen molar-refractivity contribution in [2.75, 3.05) is 26.1 Å². The molecule has 0 fully saturated rings. The van der Waals surface area contributed by atoms with Crippen LogP contribution in [0, 0.1) is 0 Å². The summed E-state index contributed by atoms with van der Waals surface area (Å²) in [7, 11) is 3.23. The summed E-state index contributed by atoms with van der Waals surface area (Å²) in [4.78, 5) is 15.0. The van der Waals surface area contributed by atoms with Gasteiger partial charge < -0.3 is 24.3 Å². The second-order valence-electron chi connectivity index (χ2n) is 6.63. The number of para-hydroxylation sites is 1. The molecule has 0 unspecified atom stereocenters. The quantitative estimate of drug-likeness (QED) is 0.743. The van der Waals surface area contributed by atoms with Crippen molar-refractivity contribution in [2.24, 2.45) is 0 Å². The molecular formula is C22H23N3O3. The average Bonchev–Trinajstić information content (AvgIpc) is 3.22. The maximum Gasteiger partial charge on any atom is 0.322 e. The van der Waals surface area contributed by atoms with Crippen molar-refractivity contribution in [2.45, 2.75) is 12.6 Å². The van der Waals surface area contributed by atoms with E-state index in [1.54, 1.807) is 14.2 Å². The average molecular weight is 377 g/mol. The first-order valence-electron chi connectivity index (χ1n) is 9.21. The van der Waals surface area contributed by atoms with Crippen LogP contribution in [0.15, 0.2) is 66.9 Å². The third-order valence-electron chi connectivity index (χ3n) is 5.05. The van der Waals surface area contributed by atoms with Gasteiger partial charge in [-0.1, -0.05) is 24.3 Å². The van der Waals surface area contributed by atoms with Crippen molar-refractivity contribution in [1.82, 2.24) is 9.47 Å². The van der Waals surface area contributed by atoms with Crippen LogP contribution < -0.4 is 14.8 Å². The van der Waals surface area contributed by atoms with Crippen LogP contribution >= 0.6 is 0 Å². The predicted molar refractivity (Wildman–Crippen MR) is 108 cm³/mol. The van der Waals surface area contributed by atoms with Gasteiger partial charge in [0.15, 0.2) is 11.5 Å². The molecule has 6 heteroatoms. The van der Waals surface area contributed by atoms with Crippen LogP contribution in [-0.2, 0) is 6.54 Å². The molecule has 6 nitrogen and oxygen atoms in total. The number of nitrogens with zero attached hydrogens (tertiary/aromatic N) is 2. The van der Waals surface area contributed by atoms with Crippen molar-refractivity contribution in [3.63, 3.8) is 0 Å². The van der Waals surface area contributed by atoms with Gasteiger partial charge in [-0.3, -0.25) is 0 Å². The first kappa shape index (κ1) is 18.0. The minimum atomic E-state index is -0.215. The van der Waals surface area contributed by atoms with Gasteiger partial charge in [0, 0.05) is 30.7 Å². The zero-order valence-electron chi connectivity index (χ0n) is 16.0. The number of carbonyl (C=O) groups excluding carboxylic acids is 1. The molecule has 1 N–H and O–H groups in total. The number of methoxy groups -OCH3 is 2. The number of carbonyl (C=O) groups is 1. The molecule has 2 amide bonds. The van der Waals surface area contributed by atoms with Crippen LogP contribution in [0.2, 0.25) is 0 Å². The molecule has 0 aliphatic carbocycles. The zero-order valence-corrected chi connectivity index (χ0v) is 16.0. The molecule has 0 saturated heterocycles. The van der Waals surface area contributed by atoms with Gasteiger partial charge in [-0.15, -0.1) is 0 Å². The minimum Gasteiger partial charge on any atom is -0.493 e. The molecule has 1 aliphatic heterocycles. The molecule has 4 rings (SSSR count). The van der Waals surface area contributed by atoms with E-state index in [9.17, 15) is 4.79 Å². The Morgan fingerprint density at radius 1 is 0.964 bits per heavy atom. The summed E-state index contributed by atoms with van der Waals surface area (Å²) >= 11 is 0. The van der Waals surface area contributed by atoms with E-state index in [2.05, 4.69) is 22.1 Å². The smallest absolute Gasteiger partial charge is 0.322 e. The lowest BCUT2D eigenvalue weighted by Gasteiger charge is -2.37. The SMILES string of the molecule is COc1ccc([C@@H]2c3cccn3CCN2C(=O)Nc2ccccc2)cc1OC. The number of urea groups is 1. The van der Waals surface area contributed by atoms with Crippen molar-refractivity contribution < 1.29 is 14.3 Å². The molecule has 1 aromatic heterocycles. The lowest BCUT2D eigenvalue weighted by Crippen LogP contribution is -2.44. The van der Waals surface area contributed by atoms with E-state index < -0.39 is 0 Å². The number of rotatable bonds is 4. The Morgan fingerprint density at radius 3 is 2.50 bits per heavy atom. The molecule has 3 aromatic rings. The summed E-state index contributed by atoms with van der Waals surface area (Å²) in [6, 6.07) is 19.0. The third kappa shape index (κ3) is 3.29. The summed E-state index contributed by atoms with van der Waals surface area (Å²) in [6.45, 7) is 1.37. The molecule has 1 atom stereocenters. The molecule has 0 radical (unpaired) electrons. The number of amides is 2. The van der Waals surface area contributed by atoms with Crippen molar-refractivity contribution in [3.8, 4) is 11.5 Å². The molecule has 1 aliphatic rings. The van der Waals surface area contributed by atoms with Crippen molar-refractivity contribution >= 4 is 11.7 Å². The second kappa shape index (κ2) is 7.68. The molecule has 0 bridgehead atoms. The van der Waals surface area contributed by atoms with Crippen molar-refractivity contribution in [1.29, 1.82) is 0 Å². The number of aromatic nitrogens is 1. The molecule has 2 aromatic carbocycles. The Balaban J connectivity index is 1.71. The minimum absolute atomic E-state index is 0.126. The van der Waals surface area contributed by atoms with Crippen molar-refractivity contribution in [3.05, 3.63) is 78.1 Å². The van der Waals surface area contributed by atoms with Gasteiger partial charge in [0.05, 0.1) is 20.3 Å². The Kier molecular flexibility index (Phi) is 4.93. The first-order chi connectivity index (χ1) is 13.7. The zero-order chi connectivity index (χ0) is 19.5. The van der Waals surface area contributed by atoms with E-state index >= 15 is 0 Å². The highest BCUT2D eigenvalue weighted by atomic mass is 16.5. The number of fused-ring (bicyclic) bond motifs is 1. The summed E-state index contributed by atoms with van der Waals surface area (Å²) < 4.78 is 13.0. The summed E-state index contributed by atoms with van der Waals surface area (Å²) in [5.41, 5.74) is 2.82. The predicted octanol–water partition coefficient (Wildman–Crippen LogP) is 4.14. The number of hydrogen-bond donors (Lipinski definition) is 1. The van der Waals surface area contributed by atoms with E-state index in [0.29, 0.717) is 18.0 Å². The monoisotopic (exact) mass is 377 g/mol. The van der Waals surface area contributed by atoms with Crippen LogP contribution in [-0.4, -0.2) is 36.3 Å². The van der Waals surface area contributed by atoms with Crippen LogP contribution in [0.4, 0.5) is 10.5 Å². The highest BCUT2D eigenvalue weighted by Crippen LogP contribution is 2.37. The normalized spacial score (nSPS) is 15.6. The number of anilines is 1. The molecule has 28 heavy (non-hydrogen) atoms. The molecular weight excluding hydrogens is 354 g/mol. The number of hydrogen-bond acceptors (Lipinski definition) is 3. The molecule has 0 spiro atoms. The maximum absolute atomic E-state index is 13.1. The van der Waals surface area contributed by atoms with Gasteiger partial charge in [-0.2, -0.15) is 0 Å². The Labute approximate surface area is 164 Å². The highest BCUT2D eigenvalue weighted by Gasteiger charge is 2.32. The first-order valence-corrected chi connectivity index (χ1v) is 9.21. The summed E-state index contributed by atoms with van der Waals surface area (Å²) in [6.07, 6.45) is 2.05. The maximum atomic E-state index is 13.1. The standard InChI is InChI=1S/C22H23N3O3/c1-27-19-11-10-16(15-20(19)28-2)21-18-9-6-12-24(18)13-14-25(21)22(26)23-17-7-4-3-5-8-17/h3-12,15,21H,13-14H2,1-2H3,(H,23,26)/t21-/m1/s1. The fraction of sp³-hybridized carbons (Fsp3) is 0.227. The summed E-state index contributed by atoms with van der Waals surface area (Å²) in [5, 5.41) is 3.01. The fourth-order valence-electron chi connectivity index (χ4n) is 3.69. The van der Waals surface area contributed by atoms with Crippen LogP contribution in [0.25, 0.3) is 0 Å². The molecule has 0 saturated carbocycles. The van der Waals surface area contributed by atoms with E-state index in [1.165, 1.54) is 0 Å². The Hall–Kier alpha value is -3.41. The number of nitrogens with one attached hydrogen (secondary N) is 1. The van der Waals surface area contributed by atoms with Gasteiger partial charge in [-0.05, 0) is 42.0 Å². The van der Waals surface area contributed by atoms with E-state index in [0.717, 1.165) is 23.5 Å². The van der Waals surface area contributed by atoms with Gasteiger partial charge in [0.25, 0.3) is 0 Å². The summed E-state index contributed by atoms with van der Waals surface area (Å²) in [5.74, 6) is 1.31. The highest BCUT2D eigenvalue weighted by molar-refractivity contribution is 5.90. The fourth-order valence-corrected chi connectivity index (χ4v) is 3.69. The van der Waals surface area contributed by atoms with E-state index in [1.807, 2.05) is 59.5 Å². The van der Waals surface area contributed by atoms with Gasteiger partial charge in [-0.25, -0.2) is 4.79 Å². The van der Waals surface area contributed by atoms with E-state index in [-0.39, 0.29) is 12.1 Å². The van der Waals surface area contributed by atoms with Crippen LogP contribution in [0.3, 0.4) is 0 Å². The molecule has 2 heterocycles. The van der Waals surface area contributed by atoms with Gasteiger partial charge in [0.2, 0.25) is 0 Å².